The van der Waals surface area contributed by atoms with Gasteiger partial charge < -0.3 is 9.30 Å². The number of amides is 2. The van der Waals surface area contributed by atoms with Gasteiger partial charge in [0.15, 0.2) is 0 Å². The van der Waals surface area contributed by atoms with E-state index in [4.69, 9.17) is 4.74 Å². The van der Waals surface area contributed by atoms with E-state index < -0.39 is 0 Å². The van der Waals surface area contributed by atoms with Crippen LogP contribution in [0.5, 0.6) is 5.75 Å². The zero-order valence-corrected chi connectivity index (χ0v) is 19.8. The standard InChI is InChI=1S/C24H23BrN2O3S/c1-3-10-27-23(28)22(31-24(27)29)13-17-15-26(20-9-8-18(25)14-19(17)20)11-12-30-21-7-5-4-6-16(21)2/h4-9,13-15H,3,10-12H2,1-2H3/b22-13-. The van der Waals surface area contributed by atoms with E-state index in [-0.39, 0.29) is 11.1 Å². The quantitative estimate of drug-likeness (QED) is 0.362. The van der Waals surface area contributed by atoms with Gasteiger partial charge in [-0.3, -0.25) is 14.5 Å². The number of nitrogens with zero attached hydrogens (tertiary/aromatic N) is 2. The van der Waals surface area contributed by atoms with Crippen LogP contribution in [-0.2, 0) is 11.3 Å². The van der Waals surface area contributed by atoms with E-state index >= 15 is 0 Å². The van der Waals surface area contributed by atoms with Gasteiger partial charge in [-0.2, -0.15) is 0 Å². The third-order valence-corrected chi connectivity index (χ3v) is 6.57. The average molecular weight is 499 g/mol. The van der Waals surface area contributed by atoms with Crippen LogP contribution in [0.25, 0.3) is 17.0 Å². The summed E-state index contributed by atoms with van der Waals surface area (Å²) in [6.07, 6.45) is 4.60. The minimum Gasteiger partial charge on any atom is -0.491 e. The monoisotopic (exact) mass is 498 g/mol. The highest BCUT2D eigenvalue weighted by Crippen LogP contribution is 2.35. The lowest BCUT2D eigenvalue weighted by atomic mass is 10.1. The molecule has 2 aromatic carbocycles. The molecule has 1 aliphatic rings. The first-order valence-corrected chi connectivity index (χ1v) is 11.8. The summed E-state index contributed by atoms with van der Waals surface area (Å²) in [7, 11) is 0. The van der Waals surface area contributed by atoms with Crippen LogP contribution in [0.4, 0.5) is 4.79 Å². The van der Waals surface area contributed by atoms with Crippen molar-refractivity contribution in [3.63, 3.8) is 0 Å². The van der Waals surface area contributed by atoms with Gasteiger partial charge >= 0.3 is 0 Å². The molecule has 3 aromatic rings. The number of halogens is 1. The molecule has 5 nitrogen and oxygen atoms in total. The lowest BCUT2D eigenvalue weighted by molar-refractivity contribution is -0.122. The van der Waals surface area contributed by atoms with Crippen molar-refractivity contribution in [1.82, 2.24) is 9.47 Å². The normalized spacial score (nSPS) is 15.5. The number of carbonyl (C=O) groups is 2. The van der Waals surface area contributed by atoms with Gasteiger partial charge in [0.2, 0.25) is 0 Å². The van der Waals surface area contributed by atoms with Crippen molar-refractivity contribution in [2.45, 2.75) is 26.8 Å². The number of para-hydroxylation sites is 1. The Labute approximate surface area is 194 Å². The molecule has 0 N–H and O–H groups in total. The maximum absolute atomic E-state index is 12.7. The van der Waals surface area contributed by atoms with Crippen LogP contribution in [0.2, 0.25) is 0 Å². The number of rotatable bonds is 7. The SMILES string of the molecule is CCCN1C(=O)S/C(=C\c2cn(CCOc3ccccc3C)c3ccc(Br)cc23)C1=O. The van der Waals surface area contributed by atoms with E-state index in [0.29, 0.717) is 24.6 Å². The molecule has 0 atom stereocenters. The predicted octanol–water partition coefficient (Wildman–Crippen LogP) is 6.24. The maximum Gasteiger partial charge on any atom is 0.293 e. The van der Waals surface area contributed by atoms with Gasteiger partial charge in [-0.25, -0.2) is 0 Å². The van der Waals surface area contributed by atoms with E-state index in [2.05, 4.69) is 20.5 Å². The summed E-state index contributed by atoms with van der Waals surface area (Å²) in [5.74, 6) is 0.669. The first kappa shape index (κ1) is 21.7. The van der Waals surface area contributed by atoms with Crippen molar-refractivity contribution in [2.24, 2.45) is 0 Å². The minimum absolute atomic E-state index is 0.199. The molecule has 4 rings (SSSR count). The van der Waals surface area contributed by atoms with Gasteiger partial charge in [-0.15, -0.1) is 0 Å². The van der Waals surface area contributed by atoms with E-state index in [1.165, 1.54) is 4.90 Å². The third kappa shape index (κ3) is 4.57. The zero-order valence-electron chi connectivity index (χ0n) is 17.4. The van der Waals surface area contributed by atoms with Crippen LogP contribution in [-0.4, -0.2) is 33.8 Å². The summed E-state index contributed by atoms with van der Waals surface area (Å²) in [5, 5.41) is 0.821. The summed E-state index contributed by atoms with van der Waals surface area (Å²) in [6.45, 7) is 5.62. The smallest absolute Gasteiger partial charge is 0.293 e. The van der Waals surface area contributed by atoms with Gasteiger partial charge in [0.05, 0.1) is 11.4 Å². The predicted molar refractivity (Wildman–Crippen MR) is 129 cm³/mol. The fourth-order valence-corrected chi connectivity index (χ4v) is 4.84. The molecule has 1 aliphatic heterocycles. The van der Waals surface area contributed by atoms with Crippen LogP contribution in [0.1, 0.15) is 24.5 Å². The molecule has 2 heterocycles. The molecule has 7 heteroatoms. The molecule has 0 radical (unpaired) electrons. The lowest BCUT2D eigenvalue weighted by Crippen LogP contribution is -2.28. The van der Waals surface area contributed by atoms with Crippen LogP contribution in [0, 0.1) is 6.92 Å². The largest absolute Gasteiger partial charge is 0.491 e. The molecule has 0 saturated carbocycles. The molecule has 0 bridgehead atoms. The Morgan fingerprint density at radius 2 is 1.94 bits per heavy atom. The first-order valence-electron chi connectivity index (χ1n) is 10.2. The zero-order chi connectivity index (χ0) is 22.0. The summed E-state index contributed by atoms with van der Waals surface area (Å²) in [4.78, 5) is 26.6. The number of ether oxygens (including phenoxy) is 1. The second-order valence-corrected chi connectivity index (χ2v) is 9.30. The van der Waals surface area contributed by atoms with Gasteiger partial charge in [0, 0.05) is 33.7 Å². The van der Waals surface area contributed by atoms with Gasteiger partial charge in [0.1, 0.15) is 12.4 Å². The molecule has 160 valence electrons. The Kier molecular flexibility index (Phi) is 6.53. The first-order chi connectivity index (χ1) is 15.0. The third-order valence-electron chi connectivity index (χ3n) is 5.16. The number of fused-ring (bicyclic) bond motifs is 1. The number of imide groups is 1. The molecule has 1 aromatic heterocycles. The van der Waals surface area contributed by atoms with Crippen molar-refractivity contribution in [2.75, 3.05) is 13.2 Å². The van der Waals surface area contributed by atoms with Crippen LogP contribution >= 0.6 is 27.7 Å². The Morgan fingerprint density at radius 1 is 1.13 bits per heavy atom. The van der Waals surface area contributed by atoms with Crippen molar-refractivity contribution >= 4 is 55.8 Å². The number of thioether (sulfide) groups is 1. The number of hydrogen-bond acceptors (Lipinski definition) is 4. The molecule has 0 unspecified atom stereocenters. The molecule has 1 saturated heterocycles. The summed E-state index contributed by atoms with van der Waals surface area (Å²) in [6, 6.07) is 14.0. The van der Waals surface area contributed by atoms with Gasteiger partial charge in [0.25, 0.3) is 11.1 Å². The van der Waals surface area contributed by atoms with Crippen molar-refractivity contribution < 1.29 is 14.3 Å². The van der Waals surface area contributed by atoms with Crippen LogP contribution in [0.15, 0.2) is 58.0 Å². The van der Waals surface area contributed by atoms with E-state index in [1.54, 1.807) is 0 Å². The topological polar surface area (TPSA) is 51.5 Å². The van der Waals surface area contributed by atoms with Gasteiger partial charge in [-0.05, 0) is 61.0 Å². The van der Waals surface area contributed by atoms with Crippen molar-refractivity contribution in [3.05, 3.63) is 69.2 Å². The molecule has 2 amide bonds. The lowest BCUT2D eigenvalue weighted by Gasteiger charge is -2.10. The van der Waals surface area contributed by atoms with Crippen molar-refractivity contribution in [3.8, 4) is 5.75 Å². The van der Waals surface area contributed by atoms with E-state index in [9.17, 15) is 9.59 Å². The van der Waals surface area contributed by atoms with Crippen LogP contribution in [0.3, 0.4) is 0 Å². The second kappa shape index (κ2) is 9.32. The Balaban J connectivity index is 1.61. The number of aromatic nitrogens is 1. The summed E-state index contributed by atoms with van der Waals surface area (Å²) < 4.78 is 9.06. The highest BCUT2D eigenvalue weighted by atomic mass is 79.9. The molecular formula is C24H23BrN2O3S. The average Bonchev–Trinajstić information content (AvgIpc) is 3.21. The van der Waals surface area contributed by atoms with E-state index in [1.807, 2.05) is 68.6 Å². The molecule has 1 fully saturated rings. The summed E-state index contributed by atoms with van der Waals surface area (Å²) >= 11 is 4.55. The maximum atomic E-state index is 12.7. The Morgan fingerprint density at radius 3 is 2.71 bits per heavy atom. The molecule has 0 spiro atoms. The highest BCUT2D eigenvalue weighted by molar-refractivity contribution is 9.10. The minimum atomic E-state index is -0.212. The fraction of sp³-hybridized carbons (Fsp3) is 0.250. The second-order valence-electron chi connectivity index (χ2n) is 7.39. The van der Waals surface area contributed by atoms with Gasteiger partial charge in [-0.1, -0.05) is 41.1 Å². The van der Waals surface area contributed by atoms with E-state index in [0.717, 1.165) is 50.4 Å². The Hall–Kier alpha value is -2.51. The fourth-order valence-electron chi connectivity index (χ4n) is 3.63. The molecular weight excluding hydrogens is 476 g/mol. The van der Waals surface area contributed by atoms with Crippen LogP contribution < -0.4 is 4.74 Å². The van der Waals surface area contributed by atoms with Crippen molar-refractivity contribution in [1.29, 1.82) is 0 Å². The number of aryl methyl sites for hydroxylation is 1. The number of benzene rings is 2. The number of carbonyl (C=O) groups excluding carboxylic acids is 2. The number of hydrogen-bond donors (Lipinski definition) is 0. The molecule has 0 aliphatic carbocycles. The molecule has 31 heavy (non-hydrogen) atoms. The summed E-state index contributed by atoms with van der Waals surface area (Å²) in [5.41, 5.74) is 3.07. The highest BCUT2D eigenvalue weighted by Gasteiger charge is 2.34. The Bertz CT molecular complexity index is 1180.